The number of aliphatic hydroxyl groups is 1. The summed E-state index contributed by atoms with van der Waals surface area (Å²) in [5, 5.41) is 42.2. The van der Waals surface area contributed by atoms with Gasteiger partial charge in [-0.25, -0.2) is 9.59 Å². The maximum absolute atomic E-state index is 13.4. The lowest BCUT2D eigenvalue weighted by Gasteiger charge is -2.29. The number of Topliss-reactive ketones (excluding diaryl/α,β-unsaturated/α-hetero) is 1. The highest BCUT2D eigenvalue weighted by atomic mass is 16.5. The Morgan fingerprint density at radius 2 is 1.53 bits per heavy atom. The summed E-state index contributed by atoms with van der Waals surface area (Å²) in [4.78, 5) is 65.1. The maximum atomic E-state index is 13.4. The Morgan fingerprint density at radius 3 is 2.10 bits per heavy atom. The number of benzene rings is 1. The quantitative estimate of drug-likeness (QED) is 0.0619. The van der Waals surface area contributed by atoms with Crippen molar-refractivity contribution in [2.45, 2.75) is 115 Å². The molecule has 0 spiro atoms. The van der Waals surface area contributed by atoms with Gasteiger partial charge in [0.15, 0.2) is 5.60 Å². The minimum Gasteiger partial charge on any atom is -0.489 e. The first-order valence-electron chi connectivity index (χ1n) is 17.0. The van der Waals surface area contributed by atoms with E-state index >= 15 is 0 Å². The van der Waals surface area contributed by atoms with Crippen molar-refractivity contribution >= 4 is 29.6 Å². The Bertz CT molecular complexity index is 1360. The smallest absolute Gasteiger partial charge is 0.337 e. The number of ether oxygens (including phenoxy) is 1. The Hall–Kier alpha value is -4.58. The average Bonchev–Trinajstić information content (AvgIpc) is 3.06. The number of nitrogens with one attached hydrogen (secondary N) is 1. The highest BCUT2D eigenvalue weighted by Gasteiger charge is 2.49. The number of carbonyl (C=O) groups excluding carboxylic acids is 2. The molecule has 2 rings (SSSR count). The van der Waals surface area contributed by atoms with Gasteiger partial charge in [-0.1, -0.05) is 75.8 Å². The lowest BCUT2D eigenvalue weighted by Crippen LogP contribution is -2.55. The van der Waals surface area contributed by atoms with Crippen LogP contribution in [0.25, 0.3) is 0 Å². The number of unbranched alkanes of at least 4 members (excludes halogenated alkanes) is 8. The van der Waals surface area contributed by atoms with E-state index in [2.05, 4.69) is 17.2 Å². The van der Waals surface area contributed by atoms with Crippen LogP contribution >= 0.6 is 0 Å². The van der Waals surface area contributed by atoms with Crippen molar-refractivity contribution in [3.63, 3.8) is 0 Å². The number of carboxylic acids is 3. The van der Waals surface area contributed by atoms with E-state index in [0.29, 0.717) is 37.0 Å². The van der Waals surface area contributed by atoms with Crippen molar-refractivity contribution < 1.29 is 49.1 Å². The molecule has 1 heterocycles. The summed E-state index contributed by atoms with van der Waals surface area (Å²) in [5.74, 6) is -7.22. The molecule has 0 saturated carbocycles. The zero-order valence-corrected chi connectivity index (χ0v) is 28.2. The molecule has 0 unspecified atom stereocenters. The van der Waals surface area contributed by atoms with Crippen molar-refractivity contribution in [3.8, 4) is 5.75 Å². The van der Waals surface area contributed by atoms with E-state index in [9.17, 15) is 44.4 Å². The molecule has 1 aromatic carbocycles. The molecule has 0 fully saturated rings. The van der Waals surface area contributed by atoms with Crippen LogP contribution < -0.4 is 10.1 Å². The number of carbonyl (C=O) groups is 5. The number of aromatic nitrogens is 1. The molecule has 268 valence electrons. The second-order valence-electron chi connectivity index (χ2n) is 12.3. The Morgan fingerprint density at radius 1 is 0.878 bits per heavy atom. The molecule has 12 heteroatoms. The second-order valence-corrected chi connectivity index (χ2v) is 12.3. The lowest BCUT2D eigenvalue weighted by atomic mass is 9.82. The van der Waals surface area contributed by atoms with Crippen LogP contribution in [0.2, 0.25) is 0 Å². The van der Waals surface area contributed by atoms with Gasteiger partial charge in [-0.2, -0.15) is 0 Å². The number of nitrogens with zero attached hydrogens (tertiary/aromatic N) is 1. The van der Waals surface area contributed by atoms with Gasteiger partial charge in [0.1, 0.15) is 24.2 Å². The highest BCUT2D eigenvalue weighted by Crippen LogP contribution is 2.26. The van der Waals surface area contributed by atoms with E-state index in [4.69, 9.17) is 4.74 Å². The molecule has 0 aliphatic heterocycles. The highest BCUT2D eigenvalue weighted by molar-refractivity contribution is 5.94. The number of hydrogen-bond donors (Lipinski definition) is 5. The van der Waals surface area contributed by atoms with Gasteiger partial charge in [0.25, 0.3) is 0 Å². The van der Waals surface area contributed by atoms with Crippen molar-refractivity contribution in [2.24, 2.45) is 5.92 Å². The third-order valence-corrected chi connectivity index (χ3v) is 8.16. The summed E-state index contributed by atoms with van der Waals surface area (Å²) in [6.07, 6.45) is 14.5. The molecule has 0 saturated heterocycles. The fourth-order valence-corrected chi connectivity index (χ4v) is 5.30. The van der Waals surface area contributed by atoms with Gasteiger partial charge in [-0.15, -0.1) is 0 Å². The van der Waals surface area contributed by atoms with Crippen LogP contribution in [0.3, 0.4) is 0 Å². The van der Waals surface area contributed by atoms with E-state index < -0.39 is 47.8 Å². The van der Waals surface area contributed by atoms with Gasteiger partial charge >= 0.3 is 17.9 Å². The zero-order valence-electron chi connectivity index (χ0n) is 28.2. The predicted molar refractivity (Wildman–Crippen MR) is 182 cm³/mol. The zero-order chi connectivity index (χ0) is 36.1. The van der Waals surface area contributed by atoms with Crippen molar-refractivity contribution in [2.75, 3.05) is 0 Å². The lowest BCUT2D eigenvalue weighted by molar-refractivity contribution is -0.172. The molecule has 12 nitrogen and oxygen atoms in total. The van der Waals surface area contributed by atoms with Gasteiger partial charge in [0.05, 0.1) is 12.3 Å². The molecule has 2 aromatic rings. The second kappa shape index (κ2) is 22.1. The van der Waals surface area contributed by atoms with Gasteiger partial charge in [-0.05, 0) is 49.4 Å². The molecule has 1 aromatic heterocycles. The first-order chi connectivity index (χ1) is 23.5. The number of ketones is 1. The predicted octanol–water partition coefficient (Wildman–Crippen LogP) is 5.51. The van der Waals surface area contributed by atoms with Crippen LogP contribution in [0, 0.1) is 5.92 Å². The van der Waals surface area contributed by atoms with Crippen LogP contribution in [-0.2, 0) is 37.0 Å². The molecular weight excluding hydrogens is 632 g/mol. The largest absolute Gasteiger partial charge is 0.489 e. The first-order valence-corrected chi connectivity index (χ1v) is 17.0. The fraction of sp³-hybridized carbons (Fsp3) is 0.514. The topological polar surface area (TPSA) is 200 Å². The van der Waals surface area contributed by atoms with Crippen LogP contribution in [0.5, 0.6) is 5.75 Å². The summed E-state index contributed by atoms with van der Waals surface area (Å²) < 4.78 is 5.71. The van der Waals surface area contributed by atoms with E-state index in [1.165, 1.54) is 12.5 Å². The summed E-state index contributed by atoms with van der Waals surface area (Å²) in [6, 6.07) is 8.67. The number of hydrogen-bond acceptors (Lipinski definition) is 8. The fourth-order valence-electron chi connectivity index (χ4n) is 5.30. The summed E-state index contributed by atoms with van der Waals surface area (Å²) >= 11 is 0. The molecule has 5 N–H and O–H groups in total. The van der Waals surface area contributed by atoms with E-state index in [-0.39, 0.29) is 18.8 Å². The van der Waals surface area contributed by atoms with Crippen molar-refractivity contribution in [1.29, 1.82) is 0 Å². The van der Waals surface area contributed by atoms with Crippen LogP contribution in [0.15, 0.2) is 60.9 Å². The van der Waals surface area contributed by atoms with E-state index in [1.54, 1.807) is 42.7 Å². The number of aliphatic carboxylic acids is 3. The minimum atomic E-state index is -3.03. The molecule has 0 aliphatic rings. The van der Waals surface area contributed by atoms with Crippen LogP contribution in [0.1, 0.15) is 102 Å². The van der Waals surface area contributed by atoms with Gasteiger partial charge in [0.2, 0.25) is 5.91 Å². The maximum Gasteiger partial charge on any atom is 0.337 e. The standard InChI is InChI=1S/C37H50N2O10/c1-2-3-4-7-10-15-29(40)16-11-8-5-6-9-12-17-31(37(48,36(46)47)24-33(41)42)34(43)39-32(35(44)45)23-27-18-20-30(21-19-27)49-26-28-14-13-22-38-25-28/h12-14,17-22,25,31-32,48H,2-11,15-16,23-24,26H2,1H3,(H,39,43)(H,41,42)(H,44,45)(H,46,47)/t31-,32+,37+/m1/s1. The molecule has 0 bridgehead atoms. The van der Waals surface area contributed by atoms with E-state index in [0.717, 1.165) is 56.6 Å². The summed E-state index contributed by atoms with van der Waals surface area (Å²) in [7, 11) is 0. The molecule has 49 heavy (non-hydrogen) atoms. The van der Waals surface area contributed by atoms with Crippen molar-refractivity contribution in [3.05, 3.63) is 72.1 Å². The number of allylic oxidation sites excluding steroid dienone is 1. The number of rotatable bonds is 26. The monoisotopic (exact) mass is 682 g/mol. The third kappa shape index (κ3) is 15.5. The number of carboxylic acid groups (broad SMARTS) is 3. The molecule has 1 amide bonds. The van der Waals surface area contributed by atoms with Gasteiger partial charge in [-0.3, -0.25) is 19.4 Å². The SMILES string of the molecule is CCCCCCCC(=O)CCCCCCC=C[C@H](C(=O)N[C@@H](Cc1ccc(OCc2cccnc2)cc1)C(=O)O)[C@@](O)(CC(=O)O)C(=O)O. The molecule has 0 aliphatic carbocycles. The van der Waals surface area contributed by atoms with Crippen LogP contribution in [-0.4, -0.2) is 66.7 Å². The van der Waals surface area contributed by atoms with Gasteiger partial charge < -0.3 is 30.5 Å². The molecule has 3 atom stereocenters. The first kappa shape index (κ1) is 40.6. The number of amides is 1. The van der Waals surface area contributed by atoms with Crippen LogP contribution in [0.4, 0.5) is 0 Å². The Balaban J connectivity index is 1.98. The molecule has 0 radical (unpaired) electrons. The van der Waals surface area contributed by atoms with E-state index in [1.807, 2.05) is 6.07 Å². The van der Waals surface area contributed by atoms with Gasteiger partial charge in [0, 0.05) is 37.2 Å². The normalized spacial score (nSPS) is 13.7. The summed E-state index contributed by atoms with van der Waals surface area (Å²) in [5.41, 5.74) is -1.64. The summed E-state index contributed by atoms with van der Waals surface area (Å²) in [6.45, 7) is 2.42. The third-order valence-electron chi connectivity index (χ3n) is 8.16. The Kier molecular flexibility index (Phi) is 18.3. The minimum absolute atomic E-state index is 0.174. The molecular formula is C37H50N2O10. The number of pyridine rings is 1. The van der Waals surface area contributed by atoms with Crippen molar-refractivity contribution in [1.82, 2.24) is 10.3 Å². The average molecular weight is 683 g/mol. The Labute approximate surface area is 287 Å².